The second-order valence-electron chi connectivity index (χ2n) is 4.66. The lowest BCUT2D eigenvalue weighted by molar-refractivity contribution is 0.0741. The number of benzene rings is 1. The van der Waals surface area contributed by atoms with Gasteiger partial charge in [-0.1, -0.05) is 26.3 Å². The summed E-state index contributed by atoms with van der Waals surface area (Å²) in [5.41, 5.74) is 2.59. The fourth-order valence-electron chi connectivity index (χ4n) is 1.88. The van der Waals surface area contributed by atoms with E-state index >= 15 is 0 Å². The minimum absolute atomic E-state index is 0.0510. The van der Waals surface area contributed by atoms with Gasteiger partial charge in [-0.25, -0.2) is 4.39 Å². The van der Waals surface area contributed by atoms with E-state index in [2.05, 4.69) is 19.3 Å². The number of para-hydroxylation sites is 1. The van der Waals surface area contributed by atoms with Crippen molar-refractivity contribution in [3.63, 3.8) is 0 Å². The molecular weight excluding hydrogens is 245 g/mol. The molecule has 1 aromatic carbocycles. The molecular formula is C14H22FN3O. The van der Waals surface area contributed by atoms with Crippen molar-refractivity contribution < 1.29 is 9.18 Å². The van der Waals surface area contributed by atoms with Crippen LogP contribution in [0.2, 0.25) is 0 Å². The van der Waals surface area contributed by atoms with Crippen molar-refractivity contribution in [2.75, 3.05) is 18.5 Å². The van der Waals surface area contributed by atoms with Crippen LogP contribution in [-0.2, 0) is 0 Å². The number of hydrogen-bond acceptors (Lipinski definition) is 3. The molecule has 0 spiro atoms. The number of nitrogen functional groups attached to an aromatic ring is 1. The van der Waals surface area contributed by atoms with Crippen LogP contribution in [0.1, 0.15) is 37.6 Å². The zero-order chi connectivity index (χ0) is 14.4. The third-order valence-electron chi connectivity index (χ3n) is 3.29. The molecule has 0 aromatic heterocycles. The Hall–Kier alpha value is -1.62. The maximum atomic E-state index is 13.6. The maximum Gasteiger partial charge on any atom is 0.256 e. The predicted molar refractivity (Wildman–Crippen MR) is 75.2 cm³/mol. The van der Waals surface area contributed by atoms with Gasteiger partial charge in [0.15, 0.2) is 0 Å². The van der Waals surface area contributed by atoms with Gasteiger partial charge in [0.2, 0.25) is 0 Å². The van der Waals surface area contributed by atoms with Crippen LogP contribution < -0.4 is 11.3 Å². The fraction of sp³-hybridized carbons (Fsp3) is 0.500. The van der Waals surface area contributed by atoms with Crippen molar-refractivity contribution in [1.82, 2.24) is 4.90 Å². The topological polar surface area (TPSA) is 58.4 Å². The molecule has 19 heavy (non-hydrogen) atoms. The Labute approximate surface area is 113 Å². The van der Waals surface area contributed by atoms with Gasteiger partial charge in [-0.15, -0.1) is 0 Å². The summed E-state index contributed by atoms with van der Waals surface area (Å²) in [7, 11) is 0. The van der Waals surface area contributed by atoms with Crippen molar-refractivity contribution in [3.05, 3.63) is 29.6 Å². The highest BCUT2D eigenvalue weighted by molar-refractivity contribution is 5.99. The zero-order valence-corrected chi connectivity index (χ0v) is 11.7. The number of carbonyl (C=O) groups is 1. The molecule has 1 unspecified atom stereocenters. The minimum Gasteiger partial charge on any atom is -0.339 e. The second kappa shape index (κ2) is 7.09. The largest absolute Gasteiger partial charge is 0.339 e. The summed E-state index contributed by atoms with van der Waals surface area (Å²) in [6, 6.07) is 4.37. The molecule has 1 rings (SSSR count). The Morgan fingerprint density at radius 1 is 1.47 bits per heavy atom. The number of anilines is 1. The van der Waals surface area contributed by atoms with Crippen LogP contribution in [0, 0.1) is 11.7 Å². The van der Waals surface area contributed by atoms with Crippen molar-refractivity contribution in [3.8, 4) is 0 Å². The highest BCUT2D eigenvalue weighted by atomic mass is 19.1. The number of nitrogens with zero attached hydrogens (tertiary/aromatic N) is 1. The molecule has 5 heteroatoms. The van der Waals surface area contributed by atoms with Crippen LogP contribution in [-0.4, -0.2) is 23.9 Å². The van der Waals surface area contributed by atoms with Crippen LogP contribution in [0.15, 0.2) is 18.2 Å². The SMILES string of the molecule is CCC(C)CN(CC)C(=O)c1cccc(F)c1NN. The van der Waals surface area contributed by atoms with Gasteiger partial charge in [-0.3, -0.25) is 10.6 Å². The first-order chi connectivity index (χ1) is 9.04. The number of nitrogens with one attached hydrogen (secondary N) is 1. The van der Waals surface area contributed by atoms with Crippen molar-refractivity contribution in [2.24, 2.45) is 11.8 Å². The molecule has 0 bridgehead atoms. The van der Waals surface area contributed by atoms with Gasteiger partial charge in [0.05, 0.1) is 11.3 Å². The lowest BCUT2D eigenvalue weighted by Crippen LogP contribution is -2.35. The fourth-order valence-corrected chi connectivity index (χ4v) is 1.88. The summed E-state index contributed by atoms with van der Waals surface area (Å²) in [5, 5.41) is 0. The van der Waals surface area contributed by atoms with Gasteiger partial charge in [0.25, 0.3) is 5.91 Å². The number of nitrogens with two attached hydrogens (primary N) is 1. The first-order valence-electron chi connectivity index (χ1n) is 6.59. The van der Waals surface area contributed by atoms with E-state index in [-0.39, 0.29) is 17.2 Å². The van der Waals surface area contributed by atoms with E-state index in [1.165, 1.54) is 12.1 Å². The van der Waals surface area contributed by atoms with E-state index in [0.717, 1.165) is 6.42 Å². The van der Waals surface area contributed by atoms with Crippen molar-refractivity contribution in [2.45, 2.75) is 27.2 Å². The third kappa shape index (κ3) is 3.67. The average Bonchev–Trinajstić information content (AvgIpc) is 2.43. The molecule has 0 aliphatic rings. The van der Waals surface area contributed by atoms with Crippen LogP contribution in [0.4, 0.5) is 10.1 Å². The summed E-state index contributed by atoms with van der Waals surface area (Å²) >= 11 is 0. The standard InChI is InChI=1S/C14H22FN3O/c1-4-10(3)9-18(5-2)14(19)11-7-6-8-12(15)13(11)17-16/h6-8,10,17H,4-5,9,16H2,1-3H3. The van der Waals surface area contributed by atoms with Crippen LogP contribution >= 0.6 is 0 Å². The molecule has 0 heterocycles. The number of rotatable bonds is 6. The molecule has 0 fully saturated rings. The highest BCUT2D eigenvalue weighted by Crippen LogP contribution is 2.21. The molecule has 1 aromatic rings. The molecule has 0 radical (unpaired) electrons. The molecule has 1 atom stereocenters. The van der Waals surface area contributed by atoms with Crippen LogP contribution in [0.25, 0.3) is 0 Å². The second-order valence-corrected chi connectivity index (χ2v) is 4.66. The summed E-state index contributed by atoms with van der Waals surface area (Å²) in [6.07, 6.45) is 0.995. The zero-order valence-electron chi connectivity index (χ0n) is 11.7. The molecule has 0 aliphatic carbocycles. The lowest BCUT2D eigenvalue weighted by Gasteiger charge is -2.25. The minimum atomic E-state index is -0.520. The van der Waals surface area contributed by atoms with Crippen LogP contribution in [0.5, 0.6) is 0 Å². The quantitative estimate of drug-likeness (QED) is 0.615. The van der Waals surface area contributed by atoms with E-state index in [1.807, 2.05) is 6.92 Å². The van der Waals surface area contributed by atoms with Gasteiger partial charge in [0.1, 0.15) is 5.82 Å². The number of carbonyl (C=O) groups excluding carboxylic acids is 1. The Morgan fingerprint density at radius 2 is 2.16 bits per heavy atom. The highest BCUT2D eigenvalue weighted by Gasteiger charge is 2.20. The Morgan fingerprint density at radius 3 is 2.68 bits per heavy atom. The smallest absolute Gasteiger partial charge is 0.256 e. The van der Waals surface area contributed by atoms with Crippen LogP contribution in [0.3, 0.4) is 0 Å². The summed E-state index contributed by atoms with van der Waals surface area (Å²) in [5.74, 6) is 4.99. The molecule has 1 amide bonds. The van der Waals surface area contributed by atoms with E-state index in [4.69, 9.17) is 5.84 Å². The van der Waals surface area contributed by atoms with E-state index in [1.54, 1.807) is 11.0 Å². The van der Waals surface area contributed by atoms with Gasteiger partial charge < -0.3 is 10.3 Å². The molecule has 106 valence electrons. The van der Waals surface area contributed by atoms with Gasteiger partial charge in [-0.2, -0.15) is 0 Å². The lowest BCUT2D eigenvalue weighted by atomic mass is 10.1. The first-order valence-corrected chi connectivity index (χ1v) is 6.59. The molecule has 3 N–H and O–H groups in total. The number of hydrogen-bond donors (Lipinski definition) is 2. The normalized spacial score (nSPS) is 12.1. The maximum absolute atomic E-state index is 13.6. The predicted octanol–water partition coefficient (Wildman–Crippen LogP) is 2.62. The van der Waals surface area contributed by atoms with Crippen molar-refractivity contribution >= 4 is 11.6 Å². The molecule has 0 saturated heterocycles. The van der Waals surface area contributed by atoms with Gasteiger partial charge in [0, 0.05) is 13.1 Å². The van der Waals surface area contributed by atoms with E-state index < -0.39 is 5.82 Å². The summed E-state index contributed by atoms with van der Waals surface area (Å²) in [6.45, 7) is 7.33. The van der Waals surface area contributed by atoms with E-state index in [9.17, 15) is 9.18 Å². The van der Waals surface area contributed by atoms with Crippen molar-refractivity contribution in [1.29, 1.82) is 0 Å². The Balaban J connectivity index is 3.00. The first kappa shape index (κ1) is 15.4. The number of amides is 1. The monoisotopic (exact) mass is 267 g/mol. The van der Waals surface area contributed by atoms with Gasteiger partial charge >= 0.3 is 0 Å². The summed E-state index contributed by atoms with van der Waals surface area (Å²) in [4.78, 5) is 14.1. The Bertz CT molecular complexity index is 437. The summed E-state index contributed by atoms with van der Waals surface area (Å²) < 4.78 is 13.6. The average molecular weight is 267 g/mol. The molecule has 0 aliphatic heterocycles. The molecule has 0 saturated carbocycles. The number of hydrazine groups is 1. The number of halogens is 1. The van der Waals surface area contributed by atoms with E-state index in [0.29, 0.717) is 19.0 Å². The van der Waals surface area contributed by atoms with Gasteiger partial charge in [-0.05, 0) is 25.0 Å². The third-order valence-corrected chi connectivity index (χ3v) is 3.29. The molecule has 4 nitrogen and oxygen atoms in total. The Kier molecular flexibility index (Phi) is 5.76.